The van der Waals surface area contributed by atoms with Gasteiger partial charge in [-0.2, -0.15) is 0 Å². The van der Waals surface area contributed by atoms with Crippen molar-refractivity contribution in [3.05, 3.63) is 0 Å². The number of methoxy groups -OCH3 is 1. The molecule has 5 heteroatoms. The van der Waals surface area contributed by atoms with Crippen LogP contribution in [0.5, 0.6) is 0 Å². The second-order valence-electron chi connectivity index (χ2n) is 5.21. The molecule has 0 heterocycles. The first kappa shape index (κ1) is 17.2. The smallest absolute Gasteiger partial charge is 0.191 e. The van der Waals surface area contributed by atoms with Gasteiger partial charge >= 0.3 is 0 Å². The average Bonchev–Trinajstić information content (AvgIpc) is 2.28. The zero-order chi connectivity index (χ0) is 13.9. The molecule has 0 amide bonds. The molecule has 0 aliphatic rings. The van der Waals surface area contributed by atoms with Crippen LogP contribution >= 0.6 is 0 Å². The molecular weight excluding hydrogens is 228 g/mol. The van der Waals surface area contributed by atoms with Crippen molar-refractivity contribution in [3.8, 4) is 0 Å². The average molecular weight is 258 g/mol. The summed E-state index contributed by atoms with van der Waals surface area (Å²) in [4.78, 5) is 4.47. The topological polar surface area (TPSA) is 57.7 Å². The largest absolute Gasteiger partial charge is 0.385 e. The van der Waals surface area contributed by atoms with Gasteiger partial charge in [-0.05, 0) is 34.1 Å². The molecule has 0 saturated heterocycles. The highest BCUT2D eigenvalue weighted by Gasteiger charge is 2.07. The molecule has 0 bridgehead atoms. The van der Waals surface area contributed by atoms with Gasteiger partial charge in [0.15, 0.2) is 5.96 Å². The van der Waals surface area contributed by atoms with Gasteiger partial charge in [0.1, 0.15) is 0 Å². The molecule has 0 radical (unpaired) electrons. The molecule has 0 fully saturated rings. The Hall–Kier alpha value is -0.810. The molecule has 5 nitrogen and oxygen atoms in total. The third kappa shape index (κ3) is 11.7. The summed E-state index contributed by atoms with van der Waals surface area (Å²) in [5.41, 5.74) is 0.162. The molecule has 0 rings (SSSR count). The summed E-state index contributed by atoms with van der Waals surface area (Å²) in [6, 6.07) is 0. The maximum Gasteiger partial charge on any atom is 0.191 e. The monoisotopic (exact) mass is 258 g/mol. The van der Waals surface area contributed by atoms with E-state index in [2.05, 4.69) is 48.6 Å². The first-order valence-corrected chi connectivity index (χ1v) is 6.75. The van der Waals surface area contributed by atoms with Crippen molar-refractivity contribution in [2.24, 2.45) is 4.99 Å². The van der Waals surface area contributed by atoms with Crippen molar-refractivity contribution in [2.45, 2.75) is 39.7 Å². The summed E-state index contributed by atoms with van der Waals surface area (Å²) in [6.07, 6.45) is 0.952. The molecule has 0 aromatic heterocycles. The fraction of sp³-hybridized carbons (Fsp3) is 0.923. The number of rotatable bonds is 8. The summed E-state index contributed by atoms with van der Waals surface area (Å²) in [7, 11) is 1.71. The second-order valence-corrected chi connectivity index (χ2v) is 5.21. The Balaban J connectivity index is 3.81. The molecule has 18 heavy (non-hydrogen) atoms. The quantitative estimate of drug-likeness (QED) is 0.345. The molecule has 108 valence electrons. The number of hydrogen-bond acceptors (Lipinski definition) is 3. The van der Waals surface area contributed by atoms with Gasteiger partial charge in [-0.15, -0.1) is 0 Å². The van der Waals surface area contributed by atoms with Crippen LogP contribution in [0.15, 0.2) is 4.99 Å². The molecule has 0 unspecified atom stereocenters. The number of ether oxygens (including phenoxy) is 1. The summed E-state index contributed by atoms with van der Waals surface area (Å²) in [5, 5.41) is 9.96. The predicted octanol–water partition coefficient (Wildman–Crippen LogP) is 0.966. The van der Waals surface area contributed by atoms with Gasteiger partial charge in [0, 0.05) is 45.4 Å². The zero-order valence-electron chi connectivity index (χ0n) is 12.6. The summed E-state index contributed by atoms with van der Waals surface area (Å²) in [5.74, 6) is 0.879. The van der Waals surface area contributed by atoms with Gasteiger partial charge in [0.2, 0.25) is 0 Å². The highest BCUT2D eigenvalue weighted by Crippen LogP contribution is 1.96. The normalized spacial score (nSPS) is 12.6. The van der Waals surface area contributed by atoms with Gasteiger partial charge < -0.3 is 20.7 Å². The van der Waals surface area contributed by atoms with Crippen LogP contribution in [0.25, 0.3) is 0 Å². The fourth-order valence-corrected chi connectivity index (χ4v) is 1.36. The Bertz CT molecular complexity index is 224. The SMILES string of the molecule is CCNC(=NCCCOC)NCCNC(C)(C)C. The van der Waals surface area contributed by atoms with Crippen molar-refractivity contribution in [3.63, 3.8) is 0 Å². The van der Waals surface area contributed by atoms with E-state index in [1.165, 1.54) is 0 Å². The minimum absolute atomic E-state index is 0.162. The predicted molar refractivity (Wildman–Crippen MR) is 78.2 cm³/mol. The Kier molecular flexibility index (Phi) is 9.69. The molecule has 0 saturated carbocycles. The summed E-state index contributed by atoms with van der Waals surface area (Å²) >= 11 is 0. The van der Waals surface area contributed by atoms with Crippen molar-refractivity contribution in [1.82, 2.24) is 16.0 Å². The second kappa shape index (κ2) is 10.1. The van der Waals surface area contributed by atoms with Crippen LogP contribution in [0, 0.1) is 0 Å². The molecule has 0 atom stereocenters. The lowest BCUT2D eigenvalue weighted by Crippen LogP contribution is -2.44. The van der Waals surface area contributed by atoms with E-state index in [1.807, 2.05) is 0 Å². The summed E-state index contributed by atoms with van der Waals surface area (Å²) in [6.45, 7) is 12.8. The molecule has 0 spiro atoms. The van der Waals surface area contributed by atoms with Gasteiger partial charge in [-0.3, -0.25) is 4.99 Å². The third-order valence-corrected chi connectivity index (χ3v) is 2.19. The van der Waals surface area contributed by atoms with Crippen LogP contribution in [0.4, 0.5) is 0 Å². The Morgan fingerprint density at radius 1 is 1.17 bits per heavy atom. The molecule has 0 aliphatic carbocycles. The van der Waals surface area contributed by atoms with Gasteiger partial charge in [-0.25, -0.2) is 0 Å². The van der Waals surface area contributed by atoms with Gasteiger partial charge in [-0.1, -0.05) is 0 Å². The number of nitrogens with zero attached hydrogens (tertiary/aromatic N) is 1. The highest BCUT2D eigenvalue weighted by molar-refractivity contribution is 5.79. The van der Waals surface area contributed by atoms with E-state index in [4.69, 9.17) is 4.74 Å². The van der Waals surface area contributed by atoms with E-state index in [-0.39, 0.29) is 5.54 Å². The van der Waals surface area contributed by atoms with E-state index in [9.17, 15) is 0 Å². The van der Waals surface area contributed by atoms with E-state index in [1.54, 1.807) is 7.11 Å². The lowest BCUT2D eigenvalue weighted by molar-refractivity contribution is 0.197. The van der Waals surface area contributed by atoms with Crippen molar-refractivity contribution >= 4 is 5.96 Å². The number of guanidine groups is 1. The van der Waals surface area contributed by atoms with Crippen LogP contribution in [0.3, 0.4) is 0 Å². The minimum atomic E-state index is 0.162. The minimum Gasteiger partial charge on any atom is -0.385 e. The molecule has 0 aromatic carbocycles. The van der Waals surface area contributed by atoms with E-state index in [0.717, 1.165) is 45.2 Å². The van der Waals surface area contributed by atoms with Gasteiger partial charge in [0.25, 0.3) is 0 Å². The first-order valence-electron chi connectivity index (χ1n) is 6.75. The summed E-state index contributed by atoms with van der Waals surface area (Å²) < 4.78 is 5.00. The number of nitrogens with one attached hydrogen (secondary N) is 3. The first-order chi connectivity index (χ1) is 8.49. The van der Waals surface area contributed by atoms with E-state index in [0.29, 0.717) is 0 Å². The Morgan fingerprint density at radius 3 is 2.44 bits per heavy atom. The van der Waals surface area contributed by atoms with Crippen molar-refractivity contribution < 1.29 is 4.74 Å². The lowest BCUT2D eigenvalue weighted by atomic mass is 10.1. The van der Waals surface area contributed by atoms with Crippen LogP contribution in [0.2, 0.25) is 0 Å². The highest BCUT2D eigenvalue weighted by atomic mass is 16.5. The molecule has 0 aromatic rings. The third-order valence-electron chi connectivity index (χ3n) is 2.19. The Labute approximate surface area is 112 Å². The molecular formula is C13H30N4O. The molecule has 0 aliphatic heterocycles. The van der Waals surface area contributed by atoms with Crippen LogP contribution < -0.4 is 16.0 Å². The van der Waals surface area contributed by atoms with Crippen molar-refractivity contribution in [2.75, 3.05) is 39.9 Å². The zero-order valence-corrected chi connectivity index (χ0v) is 12.6. The van der Waals surface area contributed by atoms with Gasteiger partial charge in [0.05, 0.1) is 0 Å². The standard InChI is InChI=1S/C13H30N4O/c1-6-14-12(15-8-7-11-18-5)16-9-10-17-13(2,3)4/h17H,6-11H2,1-5H3,(H2,14,15,16). The number of hydrogen-bond donors (Lipinski definition) is 3. The van der Waals surface area contributed by atoms with Crippen LogP contribution in [-0.2, 0) is 4.74 Å². The number of aliphatic imine (C=N–C) groups is 1. The fourth-order valence-electron chi connectivity index (χ4n) is 1.36. The molecule has 3 N–H and O–H groups in total. The maximum atomic E-state index is 5.00. The Morgan fingerprint density at radius 2 is 1.89 bits per heavy atom. The van der Waals surface area contributed by atoms with Crippen LogP contribution in [-0.4, -0.2) is 51.4 Å². The van der Waals surface area contributed by atoms with E-state index >= 15 is 0 Å². The van der Waals surface area contributed by atoms with E-state index < -0.39 is 0 Å². The lowest BCUT2D eigenvalue weighted by Gasteiger charge is -2.21. The maximum absolute atomic E-state index is 5.00. The van der Waals surface area contributed by atoms with Crippen LogP contribution in [0.1, 0.15) is 34.1 Å². The van der Waals surface area contributed by atoms with Crippen molar-refractivity contribution in [1.29, 1.82) is 0 Å².